The van der Waals surface area contributed by atoms with Crippen LogP contribution in [-0.4, -0.2) is 18.5 Å². The first-order valence-electron chi connectivity index (χ1n) is 7.85. The topological polar surface area (TPSA) is 41.1 Å². The van der Waals surface area contributed by atoms with E-state index in [2.05, 4.69) is 23.6 Å². The van der Waals surface area contributed by atoms with E-state index in [1.807, 2.05) is 18.2 Å². The summed E-state index contributed by atoms with van der Waals surface area (Å²) in [7, 11) is 0. The van der Waals surface area contributed by atoms with Crippen LogP contribution in [0.2, 0.25) is 0 Å². The van der Waals surface area contributed by atoms with Crippen molar-refractivity contribution >= 4 is 11.6 Å². The molecule has 0 spiro atoms. The summed E-state index contributed by atoms with van der Waals surface area (Å²) >= 11 is 0. The van der Waals surface area contributed by atoms with Crippen LogP contribution in [0.25, 0.3) is 0 Å². The maximum Gasteiger partial charge on any atom is 0.241 e. The number of hydrogen-bond donors (Lipinski definition) is 2. The van der Waals surface area contributed by atoms with Crippen molar-refractivity contribution < 1.29 is 4.79 Å². The van der Waals surface area contributed by atoms with Gasteiger partial charge in [0.15, 0.2) is 0 Å². The molecule has 1 amide bonds. The number of para-hydroxylation sites is 1. The Balaban J connectivity index is 1.63. The van der Waals surface area contributed by atoms with Crippen molar-refractivity contribution in [3.05, 3.63) is 29.8 Å². The molecule has 2 aliphatic rings. The molecule has 1 heterocycles. The quantitative estimate of drug-likeness (QED) is 0.884. The SMILES string of the molecule is CCC1(CNC2CCc3ccccc3NC2=O)CCC1. The Morgan fingerprint density at radius 3 is 2.85 bits per heavy atom. The van der Waals surface area contributed by atoms with Gasteiger partial charge in [0.2, 0.25) is 5.91 Å². The highest BCUT2D eigenvalue weighted by atomic mass is 16.2. The van der Waals surface area contributed by atoms with Crippen LogP contribution in [0.1, 0.15) is 44.6 Å². The fourth-order valence-corrected chi connectivity index (χ4v) is 3.38. The normalized spacial score (nSPS) is 24.2. The van der Waals surface area contributed by atoms with Gasteiger partial charge in [0, 0.05) is 12.2 Å². The third-order valence-corrected chi connectivity index (χ3v) is 5.18. The summed E-state index contributed by atoms with van der Waals surface area (Å²) in [5.74, 6) is 0.125. The molecule has 1 unspecified atom stereocenters. The van der Waals surface area contributed by atoms with E-state index >= 15 is 0 Å². The molecule has 0 bridgehead atoms. The van der Waals surface area contributed by atoms with Crippen molar-refractivity contribution in [1.29, 1.82) is 0 Å². The number of fused-ring (bicyclic) bond motifs is 1. The molecule has 1 saturated carbocycles. The molecule has 0 aromatic heterocycles. The average Bonchev–Trinajstić information content (AvgIpc) is 2.57. The predicted molar refractivity (Wildman–Crippen MR) is 81.8 cm³/mol. The molecule has 3 nitrogen and oxygen atoms in total. The first-order chi connectivity index (χ1) is 9.72. The van der Waals surface area contributed by atoms with Gasteiger partial charge in [-0.2, -0.15) is 0 Å². The minimum absolute atomic E-state index is 0.0496. The second-order valence-electron chi connectivity index (χ2n) is 6.33. The molecule has 1 fully saturated rings. The van der Waals surface area contributed by atoms with Gasteiger partial charge in [0.05, 0.1) is 6.04 Å². The maximum atomic E-state index is 12.3. The molecule has 1 atom stereocenters. The second-order valence-corrected chi connectivity index (χ2v) is 6.33. The van der Waals surface area contributed by atoms with Crippen LogP contribution in [0.15, 0.2) is 24.3 Å². The Kier molecular flexibility index (Phi) is 3.79. The van der Waals surface area contributed by atoms with Gasteiger partial charge in [-0.25, -0.2) is 0 Å². The number of amides is 1. The van der Waals surface area contributed by atoms with Gasteiger partial charge in [-0.15, -0.1) is 0 Å². The summed E-state index contributed by atoms with van der Waals surface area (Å²) in [5, 5.41) is 6.59. The third kappa shape index (κ3) is 2.59. The lowest BCUT2D eigenvalue weighted by atomic mass is 9.67. The summed E-state index contributed by atoms with van der Waals surface area (Å²) in [5.41, 5.74) is 2.69. The Labute approximate surface area is 121 Å². The maximum absolute atomic E-state index is 12.3. The van der Waals surface area contributed by atoms with E-state index in [0.29, 0.717) is 5.41 Å². The van der Waals surface area contributed by atoms with E-state index in [9.17, 15) is 4.79 Å². The van der Waals surface area contributed by atoms with Crippen LogP contribution < -0.4 is 10.6 Å². The van der Waals surface area contributed by atoms with Gasteiger partial charge >= 0.3 is 0 Å². The summed E-state index contributed by atoms with van der Waals surface area (Å²) in [4.78, 5) is 12.3. The zero-order valence-electron chi connectivity index (χ0n) is 12.2. The van der Waals surface area contributed by atoms with Crippen molar-refractivity contribution in [2.24, 2.45) is 5.41 Å². The number of anilines is 1. The molecule has 20 heavy (non-hydrogen) atoms. The molecular formula is C17H24N2O. The van der Waals surface area contributed by atoms with E-state index in [1.165, 1.54) is 31.2 Å². The van der Waals surface area contributed by atoms with Crippen LogP contribution in [0.5, 0.6) is 0 Å². The highest BCUT2D eigenvalue weighted by Gasteiger charge is 2.36. The predicted octanol–water partition coefficient (Wildman–Crippen LogP) is 3.11. The lowest BCUT2D eigenvalue weighted by molar-refractivity contribution is -0.118. The Morgan fingerprint density at radius 2 is 2.15 bits per heavy atom. The van der Waals surface area contributed by atoms with Crippen LogP contribution in [0.3, 0.4) is 0 Å². The number of nitrogens with one attached hydrogen (secondary N) is 2. The fourth-order valence-electron chi connectivity index (χ4n) is 3.38. The monoisotopic (exact) mass is 272 g/mol. The van der Waals surface area contributed by atoms with Crippen LogP contribution in [0.4, 0.5) is 5.69 Å². The van der Waals surface area contributed by atoms with E-state index in [4.69, 9.17) is 0 Å². The number of aryl methyl sites for hydroxylation is 1. The first kappa shape index (κ1) is 13.6. The van der Waals surface area contributed by atoms with Gasteiger partial charge in [0.1, 0.15) is 0 Å². The second kappa shape index (κ2) is 5.57. The molecule has 108 valence electrons. The van der Waals surface area contributed by atoms with Crippen LogP contribution in [0, 0.1) is 5.41 Å². The number of carbonyl (C=O) groups is 1. The summed E-state index contributed by atoms with van der Waals surface area (Å²) < 4.78 is 0. The highest BCUT2D eigenvalue weighted by Crippen LogP contribution is 2.43. The lowest BCUT2D eigenvalue weighted by Crippen LogP contribution is -2.47. The molecule has 1 aromatic rings. The summed E-state index contributed by atoms with van der Waals surface area (Å²) in [6.07, 6.45) is 7.04. The van der Waals surface area contributed by atoms with E-state index in [1.54, 1.807) is 0 Å². The molecule has 2 N–H and O–H groups in total. The summed E-state index contributed by atoms with van der Waals surface area (Å²) in [6, 6.07) is 8.07. The Morgan fingerprint density at radius 1 is 1.35 bits per heavy atom. The third-order valence-electron chi connectivity index (χ3n) is 5.18. The number of carbonyl (C=O) groups excluding carboxylic acids is 1. The van der Waals surface area contributed by atoms with Gasteiger partial charge < -0.3 is 10.6 Å². The minimum Gasteiger partial charge on any atom is -0.324 e. The van der Waals surface area contributed by atoms with Crippen LogP contribution >= 0.6 is 0 Å². The number of rotatable bonds is 4. The van der Waals surface area contributed by atoms with Crippen molar-refractivity contribution in [2.45, 2.75) is 51.5 Å². The molecule has 3 heteroatoms. The zero-order chi connectivity index (χ0) is 14.0. The fraction of sp³-hybridized carbons (Fsp3) is 0.588. The van der Waals surface area contributed by atoms with Gasteiger partial charge in [-0.05, 0) is 49.1 Å². The Hall–Kier alpha value is -1.35. The number of benzene rings is 1. The molecule has 0 radical (unpaired) electrons. The molecular weight excluding hydrogens is 248 g/mol. The largest absolute Gasteiger partial charge is 0.324 e. The van der Waals surface area contributed by atoms with Gasteiger partial charge in [-0.3, -0.25) is 4.79 Å². The van der Waals surface area contributed by atoms with Crippen molar-refractivity contribution in [3.63, 3.8) is 0 Å². The molecule has 1 aliphatic heterocycles. The van der Waals surface area contributed by atoms with Crippen molar-refractivity contribution in [1.82, 2.24) is 5.32 Å². The molecule has 0 saturated heterocycles. The summed E-state index contributed by atoms with van der Waals surface area (Å²) in [6.45, 7) is 3.25. The number of hydrogen-bond acceptors (Lipinski definition) is 2. The molecule has 1 aliphatic carbocycles. The zero-order valence-corrected chi connectivity index (χ0v) is 12.2. The van der Waals surface area contributed by atoms with Gasteiger partial charge in [-0.1, -0.05) is 31.5 Å². The van der Waals surface area contributed by atoms with Crippen LogP contribution in [-0.2, 0) is 11.2 Å². The first-order valence-corrected chi connectivity index (χ1v) is 7.85. The molecule has 3 rings (SSSR count). The van der Waals surface area contributed by atoms with E-state index in [0.717, 1.165) is 25.1 Å². The van der Waals surface area contributed by atoms with Crippen molar-refractivity contribution in [2.75, 3.05) is 11.9 Å². The minimum atomic E-state index is -0.0496. The lowest BCUT2D eigenvalue weighted by Gasteiger charge is -2.42. The van der Waals surface area contributed by atoms with Gasteiger partial charge in [0.25, 0.3) is 0 Å². The smallest absolute Gasteiger partial charge is 0.241 e. The Bertz CT molecular complexity index is 488. The van der Waals surface area contributed by atoms with E-state index < -0.39 is 0 Å². The average molecular weight is 272 g/mol. The standard InChI is InChI=1S/C17H24N2O/c1-2-17(10-5-11-17)12-18-15-9-8-13-6-3-4-7-14(13)19-16(15)20/h3-4,6-7,15,18H,2,5,8-12H2,1H3,(H,19,20). The van der Waals surface area contributed by atoms with E-state index in [-0.39, 0.29) is 11.9 Å². The van der Waals surface area contributed by atoms with Crippen molar-refractivity contribution in [3.8, 4) is 0 Å². The molecule has 1 aromatic carbocycles. The highest BCUT2D eigenvalue weighted by molar-refractivity contribution is 5.96.